The lowest BCUT2D eigenvalue weighted by atomic mass is 10.1. The smallest absolute Gasteiger partial charge is 0.272 e. The zero-order valence-electron chi connectivity index (χ0n) is 22.1. The van der Waals surface area contributed by atoms with Crippen LogP contribution in [0.5, 0.6) is 5.75 Å². The number of nitrogens with one attached hydrogen (secondary N) is 2. The number of aromatic nitrogens is 4. The monoisotopic (exact) mass is 562 g/mol. The minimum atomic E-state index is -0.465. The Bertz CT molecular complexity index is 1670. The molecule has 1 heterocycles. The summed E-state index contributed by atoms with van der Waals surface area (Å²) in [7, 11) is 1.57. The van der Waals surface area contributed by atoms with E-state index in [1.807, 2.05) is 66.7 Å². The molecule has 0 unspecified atom stereocenters. The number of ether oxygens (including phenoxy) is 1. The zero-order chi connectivity index (χ0) is 28.4. The first-order chi connectivity index (χ1) is 20.1. The normalized spacial score (nSPS) is 11.1. The molecule has 0 saturated heterocycles. The Labute approximate surface area is 241 Å². The maximum Gasteiger partial charge on any atom is 0.272 e. The molecule has 0 aliphatic rings. The quantitative estimate of drug-likeness (QED) is 0.174. The fourth-order valence-electron chi connectivity index (χ4n) is 3.92. The van der Waals surface area contributed by atoms with E-state index in [9.17, 15) is 9.59 Å². The fraction of sp³-hybridized carbons (Fsp3) is 0.0645. The standard InChI is InChI=1S/C31H26N6O3S/c1-40-26-16-8-10-22(18-26)19-28(33-30(38)23-11-4-2-5-12-23)31(39)32-24-13-9-17-27(20-24)41-21-29-34-35-36-37(29)25-14-6-3-7-15-25/h2-20H,21H2,1H3,(H,32,39)(H,33,38)/b28-19+. The van der Waals surface area contributed by atoms with Crippen molar-refractivity contribution in [3.05, 3.63) is 132 Å². The van der Waals surface area contributed by atoms with Crippen molar-refractivity contribution in [2.75, 3.05) is 12.4 Å². The van der Waals surface area contributed by atoms with E-state index in [0.29, 0.717) is 34.1 Å². The lowest BCUT2D eigenvalue weighted by Crippen LogP contribution is -2.30. The van der Waals surface area contributed by atoms with Crippen LogP contribution in [0.1, 0.15) is 21.7 Å². The number of methoxy groups -OCH3 is 1. The van der Waals surface area contributed by atoms with Gasteiger partial charge >= 0.3 is 0 Å². The van der Waals surface area contributed by atoms with Gasteiger partial charge in [-0.25, -0.2) is 0 Å². The average Bonchev–Trinajstić information content (AvgIpc) is 3.49. The Kier molecular flexibility index (Phi) is 8.82. The first kappa shape index (κ1) is 27.4. The molecule has 5 rings (SSSR count). The summed E-state index contributed by atoms with van der Waals surface area (Å²) in [5.41, 5.74) is 2.68. The van der Waals surface area contributed by atoms with Crippen LogP contribution in [0.15, 0.2) is 120 Å². The Morgan fingerprint density at radius 3 is 2.44 bits per heavy atom. The van der Waals surface area contributed by atoms with E-state index in [2.05, 4.69) is 26.2 Å². The van der Waals surface area contributed by atoms with Crippen LogP contribution in [0.25, 0.3) is 11.8 Å². The summed E-state index contributed by atoms with van der Waals surface area (Å²) in [6.07, 6.45) is 1.61. The third-order valence-corrected chi connectivity index (χ3v) is 6.92. The van der Waals surface area contributed by atoms with Gasteiger partial charge in [0.15, 0.2) is 5.82 Å². The van der Waals surface area contributed by atoms with Gasteiger partial charge in [-0.1, -0.05) is 54.6 Å². The molecule has 4 aromatic carbocycles. The van der Waals surface area contributed by atoms with Crippen molar-refractivity contribution in [2.24, 2.45) is 0 Å². The number of thioether (sulfide) groups is 1. The number of tetrazole rings is 1. The number of anilines is 1. The molecule has 0 spiro atoms. The number of para-hydroxylation sites is 1. The van der Waals surface area contributed by atoms with Crippen molar-refractivity contribution in [3.63, 3.8) is 0 Å². The van der Waals surface area contributed by atoms with Gasteiger partial charge in [0.2, 0.25) is 0 Å². The molecule has 9 nitrogen and oxygen atoms in total. The maximum atomic E-state index is 13.4. The predicted molar refractivity (Wildman–Crippen MR) is 159 cm³/mol. The lowest BCUT2D eigenvalue weighted by Gasteiger charge is -2.12. The number of nitrogens with zero attached hydrogens (tertiary/aromatic N) is 4. The molecular formula is C31H26N6O3S. The third kappa shape index (κ3) is 7.25. The summed E-state index contributed by atoms with van der Waals surface area (Å²) in [5, 5.41) is 17.8. The van der Waals surface area contributed by atoms with Crippen molar-refractivity contribution in [3.8, 4) is 11.4 Å². The Morgan fingerprint density at radius 1 is 0.902 bits per heavy atom. The minimum absolute atomic E-state index is 0.0900. The van der Waals surface area contributed by atoms with Gasteiger partial charge in [0.25, 0.3) is 11.8 Å². The third-order valence-electron chi connectivity index (χ3n) is 5.93. The van der Waals surface area contributed by atoms with E-state index in [1.165, 1.54) is 11.8 Å². The fourth-order valence-corrected chi connectivity index (χ4v) is 4.78. The van der Waals surface area contributed by atoms with E-state index in [0.717, 1.165) is 10.6 Å². The van der Waals surface area contributed by atoms with E-state index in [-0.39, 0.29) is 5.70 Å². The number of amides is 2. The van der Waals surface area contributed by atoms with E-state index < -0.39 is 11.8 Å². The maximum absolute atomic E-state index is 13.4. The number of carbonyl (C=O) groups excluding carboxylic acids is 2. The molecule has 0 atom stereocenters. The molecular weight excluding hydrogens is 536 g/mol. The first-order valence-corrected chi connectivity index (χ1v) is 13.7. The molecule has 0 aliphatic carbocycles. The van der Waals surface area contributed by atoms with Gasteiger partial charge in [-0.2, -0.15) is 4.68 Å². The van der Waals surface area contributed by atoms with Crippen LogP contribution in [-0.2, 0) is 10.5 Å². The van der Waals surface area contributed by atoms with Gasteiger partial charge < -0.3 is 15.4 Å². The van der Waals surface area contributed by atoms with E-state index >= 15 is 0 Å². The topological polar surface area (TPSA) is 111 Å². The largest absolute Gasteiger partial charge is 0.497 e. The van der Waals surface area contributed by atoms with Crippen molar-refractivity contribution in [1.29, 1.82) is 0 Å². The molecule has 0 radical (unpaired) electrons. The van der Waals surface area contributed by atoms with Crippen LogP contribution in [0.3, 0.4) is 0 Å². The number of carbonyl (C=O) groups is 2. The number of hydrogen-bond acceptors (Lipinski definition) is 7. The Balaban J connectivity index is 1.32. The van der Waals surface area contributed by atoms with Crippen molar-refractivity contribution in [2.45, 2.75) is 10.6 Å². The minimum Gasteiger partial charge on any atom is -0.497 e. The predicted octanol–water partition coefficient (Wildman–Crippen LogP) is 5.37. The molecule has 2 N–H and O–H groups in total. The molecule has 0 aliphatic heterocycles. The molecule has 5 aromatic rings. The highest BCUT2D eigenvalue weighted by molar-refractivity contribution is 7.98. The SMILES string of the molecule is COc1cccc(/C=C(/NC(=O)c2ccccc2)C(=O)Nc2cccc(SCc3nnnn3-c3ccccc3)c2)c1. The summed E-state index contributed by atoms with van der Waals surface area (Å²) in [5.74, 6) is 0.995. The van der Waals surface area contributed by atoms with Crippen LogP contribution < -0.4 is 15.4 Å². The summed E-state index contributed by atoms with van der Waals surface area (Å²) < 4.78 is 7.00. The summed E-state index contributed by atoms with van der Waals surface area (Å²) in [6, 6.07) is 33.1. The van der Waals surface area contributed by atoms with Crippen LogP contribution in [0, 0.1) is 0 Å². The Morgan fingerprint density at radius 2 is 1.66 bits per heavy atom. The molecule has 10 heteroatoms. The average molecular weight is 563 g/mol. The second-order valence-corrected chi connectivity index (χ2v) is 9.82. The second kappa shape index (κ2) is 13.2. The second-order valence-electron chi connectivity index (χ2n) is 8.77. The van der Waals surface area contributed by atoms with Crippen LogP contribution in [0.4, 0.5) is 5.69 Å². The van der Waals surface area contributed by atoms with Gasteiger partial charge in [0.05, 0.1) is 18.6 Å². The zero-order valence-corrected chi connectivity index (χ0v) is 22.9. The van der Waals surface area contributed by atoms with E-state index in [1.54, 1.807) is 60.3 Å². The number of benzene rings is 4. The molecule has 2 amide bonds. The first-order valence-electron chi connectivity index (χ1n) is 12.7. The summed E-state index contributed by atoms with van der Waals surface area (Å²) in [6.45, 7) is 0. The van der Waals surface area contributed by atoms with Crippen molar-refractivity contribution >= 4 is 35.3 Å². The molecule has 0 saturated carbocycles. The molecule has 0 fully saturated rings. The summed E-state index contributed by atoms with van der Waals surface area (Å²) >= 11 is 1.54. The number of hydrogen-bond donors (Lipinski definition) is 2. The summed E-state index contributed by atoms with van der Waals surface area (Å²) in [4.78, 5) is 27.3. The molecule has 0 bridgehead atoms. The molecule has 1 aromatic heterocycles. The van der Waals surface area contributed by atoms with Gasteiger partial charge in [0.1, 0.15) is 11.4 Å². The lowest BCUT2D eigenvalue weighted by molar-refractivity contribution is -0.113. The number of rotatable bonds is 10. The van der Waals surface area contributed by atoms with Crippen molar-refractivity contribution in [1.82, 2.24) is 25.5 Å². The van der Waals surface area contributed by atoms with Gasteiger partial charge in [0, 0.05) is 16.1 Å². The van der Waals surface area contributed by atoms with Gasteiger partial charge in [-0.05, 0) is 76.7 Å². The highest BCUT2D eigenvalue weighted by Gasteiger charge is 2.16. The van der Waals surface area contributed by atoms with Gasteiger partial charge in [-0.15, -0.1) is 16.9 Å². The Hall–Kier alpha value is -5.22. The van der Waals surface area contributed by atoms with Gasteiger partial charge in [-0.3, -0.25) is 9.59 Å². The molecule has 41 heavy (non-hydrogen) atoms. The van der Waals surface area contributed by atoms with Crippen LogP contribution in [-0.4, -0.2) is 39.1 Å². The highest BCUT2D eigenvalue weighted by atomic mass is 32.2. The van der Waals surface area contributed by atoms with E-state index in [4.69, 9.17) is 4.74 Å². The van der Waals surface area contributed by atoms with Crippen molar-refractivity contribution < 1.29 is 14.3 Å². The van der Waals surface area contributed by atoms with Crippen LogP contribution in [0.2, 0.25) is 0 Å². The highest BCUT2D eigenvalue weighted by Crippen LogP contribution is 2.25. The molecule has 204 valence electrons. The van der Waals surface area contributed by atoms with Crippen LogP contribution >= 0.6 is 11.8 Å².